The molecule has 0 aliphatic carbocycles. The smallest absolute Gasteiger partial charge is 0.372 e. The van der Waals surface area contributed by atoms with Gasteiger partial charge in [0.15, 0.2) is 11.5 Å². The zero-order chi connectivity index (χ0) is 12.1. The number of ketones is 1. The Balaban J connectivity index is 4.75. The standard InChI is InChI=1S/C10H18O4Si/c1-6-13-10(12)9(7-8(2)11)14-15(3,4)5/h7H,6H2,1-5H3/b9-7+. The molecule has 0 radical (unpaired) electrons. The van der Waals surface area contributed by atoms with Gasteiger partial charge in [-0.3, -0.25) is 4.79 Å². The Morgan fingerprint density at radius 2 is 1.80 bits per heavy atom. The van der Waals surface area contributed by atoms with Gasteiger partial charge in [0.1, 0.15) is 0 Å². The van der Waals surface area contributed by atoms with E-state index in [9.17, 15) is 9.59 Å². The van der Waals surface area contributed by atoms with Crippen molar-refractivity contribution >= 4 is 20.1 Å². The van der Waals surface area contributed by atoms with Gasteiger partial charge in [-0.05, 0) is 33.5 Å². The Morgan fingerprint density at radius 1 is 1.27 bits per heavy atom. The lowest BCUT2D eigenvalue weighted by atomic mass is 10.3. The lowest BCUT2D eigenvalue weighted by Gasteiger charge is -2.20. The molecule has 0 heterocycles. The van der Waals surface area contributed by atoms with Gasteiger partial charge in [0, 0.05) is 6.08 Å². The van der Waals surface area contributed by atoms with Crippen molar-refractivity contribution in [2.24, 2.45) is 0 Å². The predicted octanol–water partition coefficient (Wildman–Crippen LogP) is 1.87. The number of allylic oxidation sites excluding steroid dienone is 1. The number of hydrogen-bond acceptors (Lipinski definition) is 4. The summed E-state index contributed by atoms with van der Waals surface area (Å²) < 4.78 is 10.3. The topological polar surface area (TPSA) is 52.6 Å². The second kappa shape index (κ2) is 5.70. The first-order chi connectivity index (χ1) is 6.76. The minimum atomic E-state index is -1.90. The van der Waals surface area contributed by atoms with Crippen molar-refractivity contribution in [1.29, 1.82) is 0 Å². The van der Waals surface area contributed by atoms with E-state index in [2.05, 4.69) is 0 Å². The van der Waals surface area contributed by atoms with Crippen molar-refractivity contribution in [1.82, 2.24) is 0 Å². The molecule has 0 N–H and O–H groups in total. The molecule has 0 aromatic heterocycles. The van der Waals surface area contributed by atoms with Crippen molar-refractivity contribution in [3.63, 3.8) is 0 Å². The minimum absolute atomic E-state index is 0.0171. The molecular formula is C10H18O4Si. The first-order valence-corrected chi connectivity index (χ1v) is 8.25. The van der Waals surface area contributed by atoms with Gasteiger partial charge in [0.2, 0.25) is 8.32 Å². The van der Waals surface area contributed by atoms with Crippen LogP contribution < -0.4 is 0 Å². The molecule has 0 saturated carbocycles. The van der Waals surface area contributed by atoms with E-state index in [1.807, 2.05) is 19.6 Å². The van der Waals surface area contributed by atoms with Gasteiger partial charge in [0.25, 0.3) is 0 Å². The average Bonchev–Trinajstić information content (AvgIpc) is 1.99. The van der Waals surface area contributed by atoms with Gasteiger partial charge in [0.05, 0.1) is 6.61 Å². The summed E-state index contributed by atoms with van der Waals surface area (Å²) in [6.45, 7) is 9.13. The SMILES string of the molecule is CCOC(=O)/C(=C\C(C)=O)O[Si](C)(C)C. The van der Waals surface area contributed by atoms with Crippen molar-refractivity contribution in [3.05, 3.63) is 11.8 Å². The number of hydrogen-bond donors (Lipinski definition) is 0. The van der Waals surface area contributed by atoms with Crippen LogP contribution in [0.5, 0.6) is 0 Å². The van der Waals surface area contributed by atoms with Crippen LogP contribution >= 0.6 is 0 Å². The molecule has 0 aliphatic heterocycles. The highest BCUT2D eigenvalue weighted by atomic mass is 28.4. The van der Waals surface area contributed by atoms with Crippen LogP contribution in [0.15, 0.2) is 11.8 Å². The third-order valence-electron chi connectivity index (χ3n) is 1.23. The maximum absolute atomic E-state index is 11.4. The Labute approximate surface area is 91.4 Å². The molecule has 0 spiro atoms. The molecule has 4 nitrogen and oxygen atoms in total. The largest absolute Gasteiger partial charge is 0.539 e. The van der Waals surface area contributed by atoms with Crippen LogP contribution in [-0.2, 0) is 18.8 Å². The van der Waals surface area contributed by atoms with E-state index in [-0.39, 0.29) is 18.1 Å². The number of ether oxygens (including phenoxy) is 1. The highest BCUT2D eigenvalue weighted by Crippen LogP contribution is 2.12. The third-order valence-corrected chi connectivity index (χ3v) is 2.06. The Kier molecular flexibility index (Phi) is 5.28. The van der Waals surface area contributed by atoms with Gasteiger partial charge in [-0.1, -0.05) is 0 Å². The molecule has 86 valence electrons. The van der Waals surface area contributed by atoms with E-state index >= 15 is 0 Å². The summed E-state index contributed by atoms with van der Waals surface area (Å²) in [7, 11) is -1.90. The Hall–Kier alpha value is -1.10. The van der Waals surface area contributed by atoms with Gasteiger partial charge in [-0.2, -0.15) is 0 Å². The minimum Gasteiger partial charge on any atom is -0.539 e. The zero-order valence-electron chi connectivity index (χ0n) is 9.92. The highest BCUT2D eigenvalue weighted by molar-refractivity contribution is 6.70. The van der Waals surface area contributed by atoms with E-state index < -0.39 is 14.3 Å². The summed E-state index contributed by atoms with van der Waals surface area (Å²) in [6.07, 6.45) is 1.18. The van der Waals surface area contributed by atoms with Crippen LogP contribution in [0.25, 0.3) is 0 Å². The maximum atomic E-state index is 11.4. The zero-order valence-corrected chi connectivity index (χ0v) is 10.9. The first kappa shape index (κ1) is 13.9. The average molecular weight is 230 g/mol. The van der Waals surface area contributed by atoms with Gasteiger partial charge in [-0.25, -0.2) is 4.79 Å². The fraction of sp³-hybridized carbons (Fsp3) is 0.600. The van der Waals surface area contributed by atoms with Crippen molar-refractivity contribution in [3.8, 4) is 0 Å². The van der Waals surface area contributed by atoms with E-state index in [4.69, 9.17) is 9.16 Å². The number of carbonyl (C=O) groups is 2. The fourth-order valence-corrected chi connectivity index (χ4v) is 1.65. The molecule has 0 aromatic carbocycles. The second-order valence-electron chi connectivity index (χ2n) is 4.05. The van der Waals surface area contributed by atoms with Crippen LogP contribution in [0.2, 0.25) is 19.6 Å². The van der Waals surface area contributed by atoms with Gasteiger partial charge >= 0.3 is 5.97 Å². The molecule has 0 bridgehead atoms. The molecule has 0 rings (SSSR count). The second-order valence-corrected chi connectivity index (χ2v) is 8.48. The fourth-order valence-electron chi connectivity index (χ4n) is 0.847. The Morgan fingerprint density at radius 3 is 2.13 bits per heavy atom. The predicted molar refractivity (Wildman–Crippen MR) is 59.8 cm³/mol. The molecule has 0 fully saturated rings. The Bertz CT molecular complexity index is 276. The van der Waals surface area contributed by atoms with Crippen LogP contribution in [0.1, 0.15) is 13.8 Å². The molecule has 15 heavy (non-hydrogen) atoms. The van der Waals surface area contributed by atoms with Crippen LogP contribution in [0.4, 0.5) is 0 Å². The molecule has 0 unspecified atom stereocenters. The van der Waals surface area contributed by atoms with Crippen molar-refractivity contribution < 1.29 is 18.8 Å². The quantitative estimate of drug-likeness (QED) is 0.313. The first-order valence-electron chi connectivity index (χ1n) is 4.84. The highest BCUT2D eigenvalue weighted by Gasteiger charge is 2.23. The summed E-state index contributed by atoms with van der Waals surface area (Å²) in [5, 5.41) is 0. The maximum Gasteiger partial charge on any atom is 0.372 e. The number of carbonyl (C=O) groups excluding carboxylic acids is 2. The van der Waals surface area contributed by atoms with E-state index in [1.165, 1.54) is 13.0 Å². The lowest BCUT2D eigenvalue weighted by Crippen LogP contribution is -2.28. The molecule has 0 atom stereocenters. The number of rotatable bonds is 5. The summed E-state index contributed by atoms with van der Waals surface area (Å²) >= 11 is 0. The lowest BCUT2D eigenvalue weighted by molar-refractivity contribution is -0.141. The van der Waals surface area contributed by atoms with Crippen molar-refractivity contribution in [2.45, 2.75) is 33.5 Å². The molecule has 5 heteroatoms. The number of esters is 1. The van der Waals surface area contributed by atoms with E-state index in [0.717, 1.165) is 0 Å². The van der Waals surface area contributed by atoms with Crippen LogP contribution in [-0.4, -0.2) is 26.7 Å². The van der Waals surface area contributed by atoms with Gasteiger partial charge in [-0.15, -0.1) is 0 Å². The van der Waals surface area contributed by atoms with Gasteiger partial charge < -0.3 is 9.16 Å². The molecule has 0 aliphatic rings. The van der Waals surface area contributed by atoms with Crippen LogP contribution in [0, 0.1) is 0 Å². The summed E-state index contributed by atoms with van der Waals surface area (Å²) in [5.74, 6) is -0.782. The van der Waals surface area contributed by atoms with E-state index in [1.54, 1.807) is 6.92 Å². The van der Waals surface area contributed by atoms with E-state index in [0.29, 0.717) is 0 Å². The molecule has 0 amide bonds. The summed E-state index contributed by atoms with van der Waals surface area (Å²) in [4.78, 5) is 22.3. The molecular weight excluding hydrogens is 212 g/mol. The van der Waals surface area contributed by atoms with Crippen molar-refractivity contribution in [2.75, 3.05) is 6.61 Å². The monoisotopic (exact) mass is 230 g/mol. The van der Waals surface area contributed by atoms with Crippen LogP contribution in [0.3, 0.4) is 0 Å². The normalized spacial score (nSPS) is 12.2. The summed E-state index contributed by atoms with van der Waals surface area (Å²) in [5.41, 5.74) is 0. The third kappa shape index (κ3) is 6.90. The molecule has 0 saturated heterocycles. The summed E-state index contributed by atoms with van der Waals surface area (Å²) in [6, 6.07) is 0. The molecule has 0 aromatic rings.